The highest BCUT2D eigenvalue weighted by atomic mass is 32.1. The fourth-order valence-electron chi connectivity index (χ4n) is 1.41. The first-order valence-corrected chi connectivity index (χ1v) is 6.04. The molecule has 0 aromatic carbocycles. The lowest BCUT2D eigenvalue weighted by atomic mass is 10.2. The molecule has 2 rings (SSSR count). The van der Waals surface area contributed by atoms with Gasteiger partial charge in [-0.3, -0.25) is 4.79 Å². The third-order valence-corrected chi connectivity index (χ3v) is 3.12. The standard InChI is InChI=1S/C11H9F2N3O2S/c1-16(7-2-4-14-15-6-7)9(17)8-3-5-19-10(8)18-11(12)13/h2-6,11H,1H3. The van der Waals surface area contributed by atoms with E-state index in [1.54, 1.807) is 6.07 Å². The summed E-state index contributed by atoms with van der Waals surface area (Å²) in [5.74, 6) is -0.454. The van der Waals surface area contributed by atoms with Crippen molar-refractivity contribution >= 4 is 22.9 Å². The Labute approximate surface area is 111 Å². The fourth-order valence-corrected chi connectivity index (χ4v) is 2.14. The van der Waals surface area contributed by atoms with E-state index in [0.717, 1.165) is 11.3 Å². The van der Waals surface area contributed by atoms with E-state index in [0.29, 0.717) is 5.69 Å². The maximum Gasteiger partial charge on any atom is 0.388 e. The number of hydrogen-bond donors (Lipinski definition) is 0. The molecule has 2 aromatic rings. The Morgan fingerprint density at radius 3 is 2.84 bits per heavy atom. The molecule has 0 saturated carbocycles. The first kappa shape index (κ1) is 13.3. The van der Waals surface area contributed by atoms with Crippen LogP contribution in [0, 0.1) is 0 Å². The molecule has 100 valence electrons. The Kier molecular flexibility index (Phi) is 4.00. The number of alkyl halides is 2. The van der Waals surface area contributed by atoms with E-state index < -0.39 is 12.5 Å². The minimum atomic E-state index is -2.96. The summed E-state index contributed by atoms with van der Waals surface area (Å²) in [7, 11) is 1.52. The molecule has 0 spiro atoms. The van der Waals surface area contributed by atoms with Crippen molar-refractivity contribution in [2.45, 2.75) is 6.61 Å². The molecule has 8 heteroatoms. The average Bonchev–Trinajstić information content (AvgIpc) is 2.85. The third-order valence-electron chi connectivity index (χ3n) is 2.32. The Bertz CT molecular complexity index is 562. The van der Waals surface area contributed by atoms with Gasteiger partial charge in [-0.1, -0.05) is 0 Å². The Morgan fingerprint density at radius 2 is 2.21 bits per heavy atom. The zero-order chi connectivity index (χ0) is 13.8. The van der Waals surface area contributed by atoms with Crippen molar-refractivity contribution in [3.05, 3.63) is 35.5 Å². The maximum absolute atomic E-state index is 12.2. The average molecular weight is 285 g/mol. The van der Waals surface area contributed by atoms with Gasteiger partial charge in [0.05, 0.1) is 23.6 Å². The number of ether oxygens (including phenoxy) is 1. The number of hydrogen-bond acceptors (Lipinski definition) is 5. The monoisotopic (exact) mass is 285 g/mol. The number of rotatable bonds is 4. The molecule has 0 aliphatic carbocycles. The second-order valence-corrected chi connectivity index (χ2v) is 4.34. The van der Waals surface area contributed by atoms with Gasteiger partial charge in [0.2, 0.25) is 0 Å². The van der Waals surface area contributed by atoms with Crippen molar-refractivity contribution in [2.24, 2.45) is 0 Å². The smallest absolute Gasteiger partial charge is 0.388 e. The Morgan fingerprint density at radius 1 is 1.42 bits per heavy atom. The second kappa shape index (κ2) is 5.70. The van der Waals surface area contributed by atoms with Crippen LogP contribution in [0.2, 0.25) is 0 Å². The van der Waals surface area contributed by atoms with Crippen molar-refractivity contribution in [2.75, 3.05) is 11.9 Å². The van der Waals surface area contributed by atoms with Crippen LogP contribution in [0.4, 0.5) is 14.5 Å². The summed E-state index contributed by atoms with van der Waals surface area (Å²) in [5.41, 5.74) is 0.596. The molecule has 5 nitrogen and oxygen atoms in total. The molecule has 0 unspecified atom stereocenters. The summed E-state index contributed by atoms with van der Waals surface area (Å²) in [6.07, 6.45) is 2.83. The van der Waals surface area contributed by atoms with Crippen molar-refractivity contribution in [3.63, 3.8) is 0 Å². The highest BCUT2D eigenvalue weighted by Crippen LogP contribution is 2.29. The normalized spacial score (nSPS) is 10.5. The van der Waals surface area contributed by atoms with Crippen molar-refractivity contribution in [1.82, 2.24) is 10.2 Å². The number of carbonyl (C=O) groups excluding carboxylic acids is 1. The lowest BCUT2D eigenvalue weighted by molar-refractivity contribution is -0.0474. The molecule has 0 saturated heterocycles. The van der Waals surface area contributed by atoms with Gasteiger partial charge in [0.15, 0.2) is 5.06 Å². The second-order valence-electron chi connectivity index (χ2n) is 3.47. The maximum atomic E-state index is 12.2. The summed E-state index contributed by atoms with van der Waals surface area (Å²) < 4.78 is 28.7. The van der Waals surface area contributed by atoms with E-state index in [2.05, 4.69) is 14.9 Å². The van der Waals surface area contributed by atoms with Crippen LogP contribution in [0.1, 0.15) is 10.4 Å². The van der Waals surface area contributed by atoms with E-state index in [1.807, 2.05) is 0 Å². The van der Waals surface area contributed by atoms with E-state index >= 15 is 0 Å². The van der Waals surface area contributed by atoms with Crippen molar-refractivity contribution < 1.29 is 18.3 Å². The van der Waals surface area contributed by atoms with Gasteiger partial charge in [0, 0.05) is 7.05 Å². The Balaban J connectivity index is 2.22. The summed E-state index contributed by atoms with van der Waals surface area (Å²) >= 11 is 0.941. The van der Waals surface area contributed by atoms with E-state index in [1.165, 1.54) is 35.8 Å². The van der Waals surface area contributed by atoms with Gasteiger partial charge in [-0.15, -0.1) is 11.3 Å². The molecule has 1 amide bonds. The molecule has 0 aliphatic heterocycles. The summed E-state index contributed by atoms with van der Waals surface area (Å²) in [5, 5.41) is 8.66. The fraction of sp³-hybridized carbons (Fsp3) is 0.182. The minimum absolute atomic E-state index is 0.0876. The van der Waals surface area contributed by atoms with Gasteiger partial charge < -0.3 is 9.64 Å². The molecule has 0 fully saturated rings. The van der Waals surface area contributed by atoms with E-state index in [9.17, 15) is 13.6 Å². The van der Waals surface area contributed by atoms with Crippen LogP contribution in [0.5, 0.6) is 5.06 Å². The highest BCUT2D eigenvalue weighted by Gasteiger charge is 2.21. The van der Waals surface area contributed by atoms with Crippen LogP contribution < -0.4 is 9.64 Å². The number of halogens is 2. The highest BCUT2D eigenvalue weighted by molar-refractivity contribution is 7.12. The molecular weight excluding hydrogens is 276 g/mol. The van der Waals surface area contributed by atoms with E-state index in [-0.39, 0.29) is 10.6 Å². The minimum Gasteiger partial charge on any atom is -0.424 e. The number of anilines is 1. The summed E-state index contributed by atoms with van der Waals surface area (Å²) in [4.78, 5) is 13.5. The summed E-state index contributed by atoms with van der Waals surface area (Å²) in [6.45, 7) is -2.96. The van der Waals surface area contributed by atoms with Crippen LogP contribution in [-0.4, -0.2) is 29.8 Å². The number of nitrogens with zero attached hydrogens (tertiary/aromatic N) is 3. The molecule has 0 N–H and O–H groups in total. The number of thiophene rings is 1. The molecule has 0 aliphatic rings. The Hall–Kier alpha value is -2.09. The zero-order valence-corrected chi connectivity index (χ0v) is 10.6. The molecule has 0 atom stereocenters. The molecule has 0 bridgehead atoms. The van der Waals surface area contributed by atoms with Gasteiger partial charge in [-0.05, 0) is 17.5 Å². The van der Waals surface area contributed by atoms with Crippen LogP contribution >= 0.6 is 11.3 Å². The largest absolute Gasteiger partial charge is 0.424 e. The SMILES string of the molecule is CN(C(=O)c1ccsc1OC(F)F)c1ccnnc1. The van der Waals surface area contributed by atoms with E-state index in [4.69, 9.17) is 0 Å². The van der Waals surface area contributed by atoms with Gasteiger partial charge in [0.1, 0.15) is 0 Å². The van der Waals surface area contributed by atoms with Gasteiger partial charge in [-0.25, -0.2) is 0 Å². The van der Waals surface area contributed by atoms with Crippen molar-refractivity contribution in [3.8, 4) is 5.06 Å². The quantitative estimate of drug-likeness (QED) is 0.865. The molecule has 0 radical (unpaired) electrons. The first-order valence-electron chi connectivity index (χ1n) is 5.16. The molecule has 19 heavy (non-hydrogen) atoms. The van der Waals surface area contributed by atoms with Gasteiger partial charge in [0.25, 0.3) is 5.91 Å². The van der Waals surface area contributed by atoms with Crippen LogP contribution in [-0.2, 0) is 0 Å². The van der Waals surface area contributed by atoms with Crippen LogP contribution in [0.25, 0.3) is 0 Å². The van der Waals surface area contributed by atoms with Crippen LogP contribution in [0.15, 0.2) is 29.9 Å². The molecule has 2 heterocycles. The number of aromatic nitrogens is 2. The third kappa shape index (κ3) is 3.02. The zero-order valence-electron chi connectivity index (χ0n) is 9.79. The van der Waals surface area contributed by atoms with Crippen LogP contribution in [0.3, 0.4) is 0 Å². The predicted octanol–water partition coefficient (Wildman–Crippen LogP) is 2.42. The van der Waals surface area contributed by atoms with Gasteiger partial charge in [-0.2, -0.15) is 19.0 Å². The van der Waals surface area contributed by atoms with Crippen molar-refractivity contribution in [1.29, 1.82) is 0 Å². The molecular formula is C11H9F2N3O2S. The molecule has 2 aromatic heterocycles. The number of amides is 1. The topological polar surface area (TPSA) is 55.3 Å². The van der Waals surface area contributed by atoms with Gasteiger partial charge >= 0.3 is 6.61 Å². The lowest BCUT2D eigenvalue weighted by Gasteiger charge is -2.16. The lowest BCUT2D eigenvalue weighted by Crippen LogP contribution is -2.26. The predicted molar refractivity (Wildman–Crippen MR) is 65.7 cm³/mol. The number of carbonyl (C=O) groups is 1. The summed E-state index contributed by atoms with van der Waals surface area (Å²) in [6, 6.07) is 3.03. The first-order chi connectivity index (χ1) is 9.09.